The molecular formula is C18H16N2O3. The number of carbonyl (C=O) groups is 2. The van der Waals surface area contributed by atoms with Crippen molar-refractivity contribution in [1.82, 2.24) is 4.57 Å². The fourth-order valence-electron chi connectivity index (χ4n) is 2.50. The van der Waals surface area contributed by atoms with Crippen molar-refractivity contribution >= 4 is 22.7 Å². The lowest BCUT2D eigenvalue weighted by Gasteiger charge is -2.07. The lowest BCUT2D eigenvalue weighted by atomic mass is 10.2. The highest BCUT2D eigenvalue weighted by Gasteiger charge is 2.16. The number of fused-ring (bicyclic) bond motifs is 1. The first-order valence-corrected chi connectivity index (χ1v) is 7.19. The van der Waals surface area contributed by atoms with Gasteiger partial charge in [0, 0.05) is 11.6 Å². The number of aromatic nitrogens is 1. The Morgan fingerprint density at radius 3 is 2.65 bits per heavy atom. The van der Waals surface area contributed by atoms with Crippen LogP contribution in [0.2, 0.25) is 0 Å². The summed E-state index contributed by atoms with van der Waals surface area (Å²) in [5.41, 5.74) is 7.40. The molecule has 0 saturated carbocycles. The number of para-hydroxylation sites is 1. The second kappa shape index (κ2) is 5.96. The summed E-state index contributed by atoms with van der Waals surface area (Å²) >= 11 is 0. The summed E-state index contributed by atoms with van der Waals surface area (Å²) in [5.74, 6) is -0.201. The van der Waals surface area contributed by atoms with Gasteiger partial charge in [0.1, 0.15) is 5.75 Å². The fourth-order valence-corrected chi connectivity index (χ4v) is 2.50. The molecule has 5 nitrogen and oxygen atoms in total. The predicted molar refractivity (Wildman–Crippen MR) is 87.8 cm³/mol. The van der Waals surface area contributed by atoms with E-state index in [1.165, 1.54) is 10.8 Å². The third kappa shape index (κ3) is 2.94. The van der Waals surface area contributed by atoms with Crippen LogP contribution in [0.5, 0.6) is 5.75 Å². The van der Waals surface area contributed by atoms with E-state index in [9.17, 15) is 9.59 Å². The number of hydrogen-bond donors (Lipinski definition) is 1. The molecule has 2 N–H and O–H groups in total. The molecule has 0 radical (unpaired) electrons. The Balaban J connectivity index is 1.88. The highest BCUT2D eigenvalue weighted by Crippen LogP contribution is 2.21. The van der Waals surface area contributed by atoms with Gasteiger partial charge in [0.05, 0.1) is 11.1 Å². The van der Waals surface area contributed by atoms with Gasteiger partial charge in [0.25, 0.3) is 11.8 Å². The average molecular weight is 308 g/mol. The Morgan fingerprint density at radius 2 is 1.91 bits per heavy atom. The molecule has 0 fully saturated rings. The second-order valence-corrected chi connectivity index (χ2v) is 5.29. The van der Waals surface area contributed by atoms with Crippen LogP contribution in [-0.4, -0.2) is 23.0 Å². The summed E-state index contributed by atoms with van der Waals surface area (Å²) in [6, 6.07) is 14.6. The molecular weight excluding hydrogens is 292 g/mol. The summed E-state index contributed by atoms with van der Waals surface area (Å²) in [7, 11) is 0. The first-order valence-electron chi connectivity index (χ1n) is 7.19. The van der Waals surface area contributed by atoms with Crippen molar-refractivity contribution in [1.29, 1.82) is 0 Å². The lowest BCUT2D eigenvalue weighted by molar-refractivity contribution is 0.0843. The van der Waals surface area contributed by atoms with Gasteiger partial charge in [-0.05, 0) is 30.7 Å². The van der Waals surface area contributed by atoms with Crippen LogP contribution < -0.4 is 10.5 Å². The van der Waals surface area contributed by atoms with E-state index < -0.39 is 5.91 Å². The number of hydrogen-bond acceptors (Lipinski definition) is 3. The minimum absolute atomic E-state index is 0.125. The van der Waals surface area contributed by atoms with E-state index in [1.54, 1.807) is 30.3 Å². The molecule has 0 unspecified atom stereocenters. The fraction of sp³-hybridized carbons (Fsp3) is 0.111. The van der Waals surface area contributed by atoms with Gasteiger partial charge in [-0.3, -0.25) is 14.2 Å². The molecule has 0 atom stereocenters. The van der Waals surface area contributed by atoms with Crippen LogP contribution in [0.1, 0.15) is 20.7 Å². The molecule has 116 valence electrons. The smallest absolute Gasteiger partial charge is 0.269 e. The molecule has 1 aromatic heterocycles. The Labute approximate surface area is 133 Å². The van der Waals surface area contributed by atoms with Crippen LogP contribution in [0.3, 0.4) is 0 Å². The van der Waals surface area contributed by atoms with Crippen LogP contribution in [0.15, 0.2) is 54.7 Å². The second-order valence-electron chi connectivity index (χ2n) is 5.29. The predicted octanol–water partition coefficient (Wildman–Crippen LogP) is 2.77. The molecule has 2 aromatic carbocycles. The number of ether oxygens (including phenoxy) is 1. The van der Waals surface area contributed by atoms with E-state index in [0.717, 1.165) is 5.56 Å². The molecule has 0 saturated heterocycles. The maximum Gasteiger partial charge on any atom is 0.269 e. The summed E-state index contributed by atoms with van der Waals surface area (Å²) in [6.45, 7) is 1.83. The van der Waals surface area contributed by atoms with Gasteiger partial charge in [-0.2, -0.15) is 0 Å². The van der Waals surface area contributed by atoms with E-state index >= 15 is 0 Å². The van der Waals surface area contributed by atoms with Crippen molar-refractivity contribution in [3.8, 4) is 5.75 Å². The number of carbonyl (C=O) groups excluding carboxylic acids is 2. The number of amides is 1. The summed E-state index contributed by atoms with van der Waals surface area (Å²) in [5, 5.41) is 0.656. The van der Waals surface area contributed by atoms with Gasteiger partial charge >= 0.3 is 0 Å². The first kappa shape index (κ1) is 14.8. The standard InChI is InChI=1S/C18H16N2O3/c1-12-5-4-6-13(9-12)23-11-17(21)20-10-15(18(19)22)14-7-2-3-8-16(14)20/h2-10H,11H2,1H3,(H2,19,22). The topological polar surface area (TPSA) is 74.3 Å². The zero-order chi connectivity index (χ0) is 16.4. The number of rotatable bonds is 4. The maximum atomic E-state index is 12.4. The number of benzene rings is 2. The first-order chi connectivity index (χ1) is 11.1. The molecule has 5 heteroatoms. The summed E-state index contributed by atoms with van der Waals surface area (Å²) in [6.07, 6.45) is 1.47. The zero-order valence-corrected chi connectivity index (χ0v) is 12.7. The van der Waals surface area contributed by atoms with Gasteiger partial charge in [-0.1, -0.05) is 30.3 Å². The molecule has 0 bridgehead atoms. The van der Waals surface area contributed by atoms with Crippen molar-refractivity contribution < 1.29 is 14.3 Å². The summed E-state index contributed by atoms with van der Waals surface area (Å²) < 4.78 is 6.94. The molecule has 3 rings (SSSR count). The van der Waals surface area contributed by atoms with Crippen LogP contribution in [0.4, 0.5) is 0 Å². The summed E-state index contributed by atoms with van der Waals surface area (Å²) in [4.78, 5) is 24.0. The lowest BCUT2D eigenvalue weighted by Crippen LogP contribution is -2.18. The molecule has 1 heterocycles. The molecule has 1 amide bonds. The van der Waals surface area contributed by atoms with Gasteiger partial charge in [0.15, 0.2) is 6.61 Å². The quantitative estimate of drug-likeness (QED) is 0.805. The van der Waals surface area contributed by atoms with Gasteiger partial charge < -0.3 is 10.5 Å². The minimum Gasteiger partial charge on any atom is -0.484 e. The highest BCUT2D eigenvalue weighted by molar-refractivity contribution is 6.08. The number of aryl methyl sites for hydroxylation is 1. The maximum absolute atomic E-state index is 12.4. The molecule has 0 aliphatic heterocycles. The number of nitrogens with zero attached hydrogens (tertiary/aromatic N) is 1. The van der Waals surface area contributed by atoms with Crippen LogP contribution in [-0.2, 0) is 0 Å². The molecule has 0 aliphatic rings. The van der Waals surface area contributed by atoms with Crippen molar-refractivity contribution in [2.75, 3.05) is 6.61 Å². The molecule has 0 spiro atoms. The van der Waals surface area contributed by atoms with Crippen molar-refractivity contribution in [3.63, 3.8) is 0 Å². The van der Waals surface area contributed by atoms with Crippen LogP contribution >= 0.6 is 0 Å². The van der Waals surface area contributed by atoms with E-state index in [2.05, 4.69) is 0 Å². The van der Waals surface area contributed by atoms with Crippen molar-refractivity contribution in [2.45, 2.75) is 6.92 Å². The Kier molecular flexibility index (Phi) is 3.85. The van der Waals surface area contributed by atoms with E-state index in [0.29, 0.717) is 22.2 Å². The number of nitrogens with two attached hydrogens (primary N) is 1. The monoisotopic (exact) mass is 308 g/mol. The Morgan fingerprint density at radius 1 is 1.13 bits per heavy atom. The molecule has 23 heavy (non-hydrogen) atoms. The van der Waals surface area contributed by atoms with Gasteiger partial charge in [-0.15, -0.1) is 0 Å². The SMILES string of the molecule is Cc1cccc(OCC(=O)n2cc(C(N)=O)c3ccccc32)c1. The van der Waals surface area contributed by atoms with Gasteiger partial charge in [-0.25, -0.2) is 0 Å². The Hall–Kier alpha value is -3.08. The van der Waals surface area contributed by atoms with Crippen molar-refractivity contribution in [3.05, 3.63) is 65.9 Å². The van der Waals surface area contributed by atoms with Crippen LogP contribution in [0.25, 0.3) is 10.9 Å². The minimum atomic E-state index is -0.563. The largest absolute Gasteiger partial charge is 0.484 e. The average Bonchev–Trinajstić information content (AvgIpc) is 2.93. The van der Waals surface area contributed by atoms with Crippen LogP contribution in [0, 0.1) is 6.92 Å². The van der Waals surface area contributed by atoms with Crippen molar-refractivity contribution in [2.24, 2.45) is 5.73 Å². The van der Waals surface area contributed by atoms with E-state index in [4.69, 9.17) is 10.5 Å². The Bertz CT molecular complexity index is 896. The van der Waals surface area contributed by atoms with E-state index in [1.807, 2.05) is 25.1 Å². The molecule has 0 aliphatic carbocycles. The van der Waals surface area contributed by atoms with Gasteiger partial charge in [0.2, 0.25) is 0 Å². The number of primary amides is 1. The normalized spacial score (nSPS) is 10.7. The third-order valence-corrected chi connectivity index (χ3v) is 3.60. The van der Waals surface area contributed by atoms with E-state index in [-0.39, 0.29) is 12.5 Å². The molecule has 3 aromatic rings. The zero-order valence-electron chi connectivity index (χ0n) is 12.7. The third-order valence-electron chi connectivity index (χ3n) is 3.60. The highest BCUT2D eigenvalue weighted by atomic mass is 16.5.